The number of nitrogens with zero attached hydrogens (tertiary/aromatic N) is 2. The maximum atomic E-state index is 15.1. The minimum Gasteiger partial charge on any atom is -0.460 e. The molecule has 3 amide bonds. The number of hydrogen-bond acceptors (Lipinski definition) is 7. The molecule has 5 bridgehead atoms. The molecule has 2 aromatic rings. The van der Waals surface area contributed by atoms with E-state index in [0.717, 1.165) is 16.7 Å². The molecule has 2 aromatic carbocycles. The van der Waals surface area contributed by atoms with E-state index in [0.29, 0.717) is 18.5 Å². The molecule has 242 valence electrons. The highest BCUT2D eigenvalue weighted by atomic mass is 16.6. The number of aliphatic hydroxyl groups excluding tert-OH is 1. The van der Waals surface area contributed by atoms with E-state index in [-0.39, 0.29) is 31.3 Å². The van der Waals surface area contributed by atoms with Gasteiger partial charge in [0.25, 0.3) is 5.91 Å². The van der Waals surface area contributed by atoms with Gasteiger partial charge < -0.3 is 29.7 Å². The van der Waals surface area contributed by atoms with Crippen LogP contribution >= 0.6 is 0 Å². The number of aryl methyl sites for hydroxylation is 2. The summed E-state index contributed by atoms with van der Waals surface area (Å²) >= 11 is 0. The number of esters is 1. The van der Waals surface area contributed by atoms with Crippen LogP contribution < -0.4 is 10.2 Å². The molecule has 0 radical (unpaired) electrons. The SMILES string of the molecule is Cc1ccc(C)c(N2C/C=C\CCC(=O)NC[C@H](C)OC(=O)[C@@H]3[C@H]4C(=O)N([C@@H](CO)Cc5ccccc5)[C@H](C2=O)[C@]42C=C[C@H]3O2)c1. The fourth-order valence-electron chi connectivity index (χ4n) is 7.33. The highest BCUT2D eigenvalue weighted by molar-refractivity contribution is 6.05. The fourth-order valence-corrected chi connectivity index (χ4v) is 7.33. The van der Waals surface area contributed by atoms with E-state index in [4.69, 9.17) is 9.47 Å². The van der Waals surface area contributed by atoms with Crippen LogP contribution in [0.1, 0.15) is 36.5 Å². The monoisotopic (exact) mass is 627 g/mol. The Hall–Kier alpha value is -4.28. The summed E-state index contributed by atoms with van der Waals surface area (Å²) in [6.07, 6.45) is 6.83. The summed E-state index contributed by atoms with van der Waals surface area (Å²) in [4.78, 5) is 59.1. The van der Waals surface area contributed by atoms with Crippen LogP contribution in [0.5, 0.6) is 0 Å². The molecule has 46 heavy (non-hydrogen) atoms. The van der Waals surface area contributed by atoms with Crippen molar-refractivity contribution >= 4 is 29.4 Å². The average Bonchev–Trinajstić information content (AvgIpc) is 3.69. The first kappa shape index (κ1) is 31.7. The van der Waals surface area contributed by atoms with E-state index < -0.39 is 60.2 Å². The molecule has 0 saturated carbocycles. The summed E-state index contributed by atoms with van der Waals surface area (Å²) in [5, 5.41) is 13.6. The maximum absolute atomic E-state index is 15.1. The number of hydrogen-bond donors (Lipinski definition) is 2. The summed E-state index contributed by atoms with van der Waals surface area (Å²) < 4.78 is 12.3. The number of nitrogens with one attached hydrogen (secondary N) is 1. The van der Waals surface area contributed by atoms with Crippen molar-refractivity contribution in [1.29, 1.82) is 0 Å². The molecule has 7 atom stereocenters. The van der Waals surface area contributed by atoms with Crippen LogP contribution in [0, 0.1) is 25.7 Å². The Labute approximate surface area is 269 Å². The zero-order valence-electron chi connectivity index (χ0n) is 26.4. The van der Waals surface area contributed by atoms with Gasteiger partial charge in [0.15, 0.2) is 0 Å². The molecule has 2 N–H and O–H groups in total. The van der Waals surface area contributed by atoms with Gasteiger partial charge >= 0.3 is 5.97 Å². The van der Waals surface area contributed by atoms with E-state index in [1.165, 1.54) is 4.90 Å². The third-order valence-electron chi connectivity index (χ3n) is 9.55. The van der Waals surface area contributed by atoms with Crippen LogP contribution in [0.15, 0.2) is 72.8 Å². The van der Waals surface area contributed by atoms with Gasteiger partial charge in [0, 0.05) is 18.7 Å². The number of aliphatic hydroxyl groups is 1. The van der Waals surface area contributed by atoms with Crippen LogP contribution in [0.25, 0.3) is 0 Å². The van der Waals surface area contributed by atoms with Gasteiger partial charge in [0.05, 0.1) is 31.2 Å². The number of rotatable bonds is 5. The van der Waals surface area contributed by atoms with E-state index in [1.54, 1.807) is 24.0 Å². The molecule has 4 heterocycles. The minimum absolute atomic E-state index is 0.128. The summed E-state index contributed by atoms with van der Waals surface area (Å²) in [5.41, 5.74) is 1.97. The Kier molecular flexibility index (Phi) is 8.85. The number of allylic oxidation sites excluding steroid dienone is 1. The molecule has 10 heteroatoms. The molecule has 0 aromatic heterocycles. The Bertz CT molecular complexity index is 1570. The van der Waals surface area contributed by atoms with Crippen molar-refractivity contribution in [3.63, 3.8) is 0 Å². The van der Waals surface area contributed by atoms with Gasteiger partial charge in [-0.15, -0.1) is 0 Å². The van der Waals surface area contributed by atoms with Gasteiger partial charge in [-0.3, -0.25) is 19.2 Å². The van der Waals surface area contributed by atoms with E-state index in [1.807, 2.05) is 74.5 Å². The Balaban J connectivity index is 1.49. The van der Waals surface area contributed by atoms with Crippen molar-refractivity contribution in [1.82, 2.24) is 10.2 Å². The molecule has 1 spiro atoms. The predicted molar refractivity (Wildman–Crippen MR) is 171 cm³/mol. The lowest BCUT2D eigenvalue weighted by molar-refractivity contribution is -0.159. The van der Waals surface area contributed by atoms with Crippen LogP contribution in [-0.4, -0.2) is 83.3 Å². The number of carbonyl (C=O) groups excluding carboxylic acids is 4. The van der Waals surface area contributed by atoms with Gasteiger partial charge in [-0.1, -0.05) is 66.8 Å². The molecule has 6 rings (SSSR count). The first-order chi connectivity index (χ1) is 22.1. The van der Waals surface area contributed by atoms with Crippen LogP contribution in [-0.2, 0) is 35.1 Å². The maximum Gasteiger partial charge on any atom is 0.313 e. The molecule has 0 aliphatic carbocycles. The quantitative estimate of drug-likeness (QED) is 0.386. The lowest BCUT2D eigenvalue weighted by Crippen LogP contribution is -2.59. The van der Waals surface area contributed by atoms with E-state index in [2.05, 4.69) is 5.32 Å². The molecule has 2 fully saturated rings. The van der Waals surface area contributed by atoms with E-state index in [9.17, 15) is 19.5 Å². The number of anilines is 1. The smallest absolute Gasteiger partial charge is 0.313 e. The number of ether oxygens (including phenoxy) is 2. The zero-order chi connectivity index (χ0) is 32.6. The van der Waals surface area contributed by atoms with Crippen LogP contribution in [0.2, 0.25) is 0 Å². The Morgan fingerprint density at radius 2 is 1.83 bits per heavy atom. The molecular weight excluding hydrogens is 586 g/mol. The summed E-state index contributed by atoms with van der Waals surface area (Å²) in [7, 11) is 0. The summed E-state index contributed by atoms with van der Waals surface area (Å²) in [5.74, 6) is -3.62. The molecule has 2 saturated heterocycles. The second-order valence-corrected chi connectivity index (χ2v) is 12.8. The average molecular weight is 628 g/mol. The number of benzene rings is 2. The summed E-state index contributed by atoms with van der Waals surface area (Å²) in [6.45, 7) is 5.48. The van der Waals surface area contributed by atoms with Gasteiger partial charge in [-0.05, 0) is 56.4 Å². The number of cyclic esters (lactones) is 1. The van der Waals surface area contributed by atoms with Crippen molar-refractivity contribution < 1.29 is 33.8 Å². The van der Waals surface area contributed by atoms with Gasteiger partial charge in [-0.25, -0.2) is 0 Å². The minimum atomic E-state index is -1.43. The van der Waals surface area contributed by atoms with Gasteiger partial charge in [0.1, 0.15) is 23.7 Å². The summed E-state index contributed by atoms with van der Waals surface area (Å²) in [6, 6.07) is 13.4. The van der Waals surface area contributed by atoms with Crippen LogP contribution in [0.3, 0.4) is 0 Å². The second kappa shape index (κ2) is 12.8. The second-order valence-electron chi connectivity index (χ2n) is 12.8. The highest BCUT2D eigenvalue weighted by Gasteiger charge is 2.74. The Morgan fingerprint density at radius 3 is 2.59 bits per heavy atom. The standard InChI is InChI=1S/C36H41N3O7/c1-22-13-14-23(2)27(18-22)38-17-9-5-8-12-29(41)37-20-24(3)45-35(44)30-28-15-16-36(46-28)31(30)33(42)39(32(36)34(38)43)26(21-40)19-25-10-6-4-7-11-25/h4-7,9-11,13-16,18,24,26,28,30-32,40H,8,12,17,19-21H2,1-3H3,(H,37,41)/b9-5-/t24-,26+,28+,30-,31-,32+,36-/m0/s1. The molecule has 0 unspecified atom stereocenters. The number of carbonyl (C=O) groups is 4. The largest absolute Gasteiger partial charge is 0.460 e. The van der Waals surface area contributed by atoms with Crippen molar-refractivity contribution in [2.75, 3.05) is 24.6 Å². The highest BCUT2D eigenvalue weighted by Crippen LogP contribution is 2.56. The topological polar surface area (TPSA) is 125 Å². The number of likely N-dealkylation sites (tertiary alicyclic amines) is 1. The normalized spacial score (nSPS) is 31.1. The lowest BCUT2D eigenvalue weighted by Gasteiger charge is -2.39. The molecule has 10 nitrogen and oxygen atoms in total. The Morgan fingerprint density at radius 1 is 1.04 bits per heavy atom. The number of amides is 3. The van der Waals surface area contributed by atoms with Gasteiger partial charge in [-0.2, -0.15) is 0 Å². The fraction of sp³-hybridized carbons (Fsp3) is 0.444. The van der Waals surface area contributed by atoms with Crippen molar-refractivity contribution in [3.8, 4) is 0 Å². The zero-order valence-corrected chi connectivity index (χ0v) is 26.4. The first-order valence-electron chi connectivity index (χ1n) is 16.0. The predicted octanol–water partition coefficient (Wildman–Crippen LogP) is 2.79. The van der Waals surface area contributed by atoms with Crippen molar-refractivity contribution in [3.05, 3.63) is 89.5 Å². The van der Waals surface area contributed by atoms with Crippen molar-refractivity contribution in [2.45, 2.75) is 69.9 Å². The number of fused-ring (bicyclic) bond motifs is 2. The van der Waals surface area contributed by atoms with E-state index >= 15 is 4.79 Å². The lowest BCUT2D eigenvalue weighted by atomic mass is 9.74. The molecule has 4 aliphatic heterocycles. The molecular formula is C36H41N3O7. The van der Waals surface area contributed by atoms with Crippen molar-refractivity contribution in [2.24, 2.45) is 11.8 Å². The molecule has 4 aliphatic rings. The van der Waals surface area contributed by atoms with Gasteiger partial charge in [0.2, 0.25) is 11.8 Å². The van der Waals surface area contributed by atoms with Crippen LogP contribution in [0.4, 0.5) is 5.69 Å². The third-order valence-corrected chi connectivity index (χ3v) is 9.55. The first-order valence-corrected chi connectivity index (χ1v) is 16.0. The third kappa shape index (κ3) is 5.64.